The number of thioether (sulfide) groups is 1. The summed E-state index contributed by atoms with van der Waals surface area (Å²) in [5.41, 5.74) is 13.7. The van der Waals surface area contributed by atoms with Crippen LogP contribution in [0.4, 0.5) is 14.5 Å². The zero-order chi connectivity index (χ0) is 62.1. The third-order valence-electron chi connectivity index (χ3n) is 13.4. The van der Waals surface area contributed by atoms with E-state index in [1.165, 1.54) is 58.5 Å². The average molecular weight is 1190 g/mol. The molecule has 8 aromatic rings. The molecule has 0 saturated carbocycles. The lowest BCUT2D eigenvalue weighted by Gasteiger charge is -2.18. The van der Waals surface area contributed by atoms with Crippen molar-refractivity contribution in [2.75, 3.05) is 6.61 Å². The molecule has 1 aliphatic rings. The number of carbonyl (C=O) groups is 3. The van der Waals surface area contributed by atoms with Gasteiger partial charge in [-0.25, -0.2) is 18.5 Å². The van der Waals surface area contributed by atoms with Gasteiger partial charge in [0.2, 0.25) is 22.8 Å². The standard InChI is InChI=1S/C19H22NS.C17H17N2O3.C16H12ClN2O2.C14H14F2NO2S/c1-7-15-8-11-18(20(6)13-15)17-10-9-16(12-14(17)2)21-19(3,4)5;1-5-13-8-11(2)15(10-16(13)19(21)22)17-9-14(12(3)20)6-7-18(17)4;1-9-11(14-4-3-10(6-18)7-19(14)2)5-12-13(15(9)17)8-21-16(12)20;1-4-19-14(18)11-5-8(2)13(20-11)10-6-9(15)7-12(16)17(10)3/h1,8-13H,2-6H3;5-10H,1H2,2-4H3;3-5,7H,8H2,1-2H3;5-7H,4H2,1-3H3/q4*+1. The van der Waals surface area contributed by atoms with Gasteiger partial charge in [0.15, 0.2) is 24.4 Å². The van der Waals surface area contributed by atoms with E-state index in [2.05, 4.69) is 75.1 Å². The number of halogens is 3. The highest BCUT2D eigenvalue weighted by Crippen LogP contribution is 2.38. The van der Waals surface area contributed by atoms with E-state index in [-0.39, 0.29) is 35.4 Å². The number of hydrogen-bond donors (Lipinski definition) is 0. The van der Waals surface area contributed by atoms with Gasteiger partial charge in [0.05, 0.1) is 50.4 Å². The quantitative estimate of drug-likeness (QED) is 0.0190. The first-order chi connectivity index (χ1) is 39.6. The molecule has 0 radical (unpaired) electrons. The third kappa shape index (κ3) is 15.3. The SMILES string of the molecule is C#Cc1ccc(-c2ccc(SC(C)(C)C)cc2C)[n+](C)c1.C=Cc1cc(C)c(-c2cc(C(C)=O)cc[n+]2C)cc1[N+](=O)[O-].CCOC(=O)c1cc(C)c(-c2cc(F)cc(F)[n+]2C)s1.Cc1c(-c2ccc(C#N)c[n+]2C)cc2c(c1Cl)COC2=O. The largest absolute Gasteiger partial charge is 0.462 e. The molecule has 430 valence electrons. The van der Waals surface area contributed by atoms with Crippen LogP contribution in [-0.2, 0) is 44.3 Å². The van der Waals surface area contributed by atoms with E-state index in [1.807, 2.05) is 80.3 Å². The lowest BCUT2D eigenvalue weighted by molar-refractivity contribution is -0.689. The fourth-order valence-electron chi connectivity index (χ4n) is 9.10. The number of hydrogen-bond acceptors (Lipinski definition) is 10. The second-order valence-electron chi connectivity index (χ2n) is 20.7. The predicted molar refractivity (Wildman–Crippen MR) is 324 cm³/mol. The number of fused-ring (bicyclic) bond motifs is 1. The Morgan fingerprint density at radius 2 is 1.49 bits per heavy atom. The van der Waals surface area contributed by atoms with Crippen LogP contribution in [0, 0.1) is 73.2 Å². The maximum Gasteiger partial charge on any atom is 0.362 e. The molecule has 0 bridgehead atoms. The normalized spacial score (nSPS) is 11.2. The first-order valence-corrected chi connectivity index (χ1v) is 28.3. The molecule has 0 N–H and O–H groups in total. The lowest BCUT2D eigenvalue weighted by Crippen LogP contribution is -2.35. The summed E-state index contributed by atoms with van der Waals surface area (Å²) in [6.45, 7) is 21.8. The van der Waals surface area contributed by atoms with Gasteiger partial charge in [0, 0.05) is 62.7 Å². The van der Waals surface area contributed by atoms with Gasteiger partial charge in [-0.2, -0.15) is 19.0 Å². The molecule has 0 spiro atoms. The molecule has 0 saturated heterocycles. The number of nitro groups is 1. The summed E-state index contributed by atoms with van der Waals surface area (Å²) in [5.74, 6) is 0.532. The van der Waals surface area contributed by atoms with Crippen molar-refractivity contribution in [1.82, 2.24) is 0 Å². The number of nitrogens with zero attached hydrogens (tertiary/aromatic N) is 6. The van der Waals surface area contributed by atoms with E-state index in [4.69, 9.17) is 32.8 Å². The number of esters is 2. The molecule has 0 fully saturated rings. The van der Waals surface area contributed by atoms with Crippen molar-refractivity contribution in [2.45, 2.75) is 78.6 Å². The molecular formula is C66H65ClF2N6O7S2+4. The van der Waals surface area contributed by atoms with Crippen LogP contribution in [0.1, 0.15) is 110 Å². The molecule has 5 aromatic heterocycles. The summed E-state index contributed by atoms with van der Waals surface area (Å²) in [6.07, 6.45) is 12.4. The number of aromatic nitrogens is 4. The minimum atomic E-state index is -0.675. The van der Waals surface area contributed by atoms with Gasteiger partial charge in [-0.15, -0.1) is 33.9 Å². The summed E-state index contributed by atoms with van der Waals surface area (Å²) >= 11 is 9.44. The summed E-state index contributed by atoms with van der Waals surface area (Å²) < 4.78 is 44.2. The minimum absolute atomic E-state index is 0.00354. The van der Waals surface area contributed by atoms with E-state index in [1.54, 1.807) is 56.6 Å². The Morgan fingerprint density at radius 3 is 2.07 bits per heavy atom. The zero-order valence-corrected chi connectivity index (χ0v) is 51.5. The number of cyclic esters (lactones) is 1. The Bertz CT molecular complexity index is 4030. The summed E-state index contributed by atoms with van der Waals surface area (Å²) in [6, 6.07) is 28.7. The number of thiophene rings is 1. The zero-order valence-electron chi connectivity index (χ0n) is 49.2. The topological polar surface area (TPSA) is 152 Å². The van der Waals surface area contributed by atoms with Crippen LogP contribution in [0.3, 0.4) is 0 Å². The van der Waals surface area contributed by atoms with E-state index >= 15 is 0 Å². The Labute approximate surface area is 502 Å². The van der Waals surface area contributed by atoms with Crippen LogP contribution >= 0.6 is 34.7 Å². The average Bonchev–Trinajstić information content (AvgIpc) is 2.45. The van der Waals surface area contributed by atoms with Crippen molar-refractivity contribution in [3.05, 3.63) is 204 Å². The van der Waals surface area contributed by atoms with Crippen molar-refractivity contribution < 1.29 is 55.8 Å². The predicted octanol–water partition coefficient (Wildman–Crippen LogP) is 13.3. The van der Waals surface area contributed by atoms with Crippen molar-refractivity contribution in [3.63, 3.8) is 0 Å². The Balaban J connectivity index is 0.000000180. The molecule has 84 heavy (non-hydrogen) atoms. The number of aryl methyl sites for hydroxylation is 6. The van der Waals surface area contributed by atoms with E-state index in [0.717, 1.165) is 67.7 Å². The number of ether oxygens (including phenoxy) is 2. The fourth-order valence-corrected chi connectivity index (χ4v) is 11.6. The van der Waals surface area contributed by atoms with Crippen LogP contribution in [-0.4, -0.2) is 34.0 Å². The van der Waals surface area contributed by atoms with Gasteiger partial charge in [0.25, 0.3) is 5.69 Å². The second kappa shape index (κ2) is 27.6. The van der Waals surface area contributed by atoms with Gasteiger partial charge >= 0.3 is 17.9 Å². The molecule has 18 heteroatoms. The highest BCUT2D eigenvalue weighted by molar-refractivity contribution is 8.00. The summed E-state index contributed by atoms with van der Waals surface area (Å²) in [7, 11) is 7.24. The van der Waals surface area contributed by atoms with Crippen LogP contribution in [0.25, 0.3) is 50.4 Å². The van der Waals surface area contributed by atoms with E-state index in [0.29, 0.717) is 42.7 Å². The number of carbonyl (C=O) groups excluding carboxylic acids is 3. The Hall–Kier alpha value is -8.74. The van der Waals surface area contributed by atoms with Gasteiger partial charge in [0.1, 0.15) is 62.0 Å². The van der Waals surface area contributed by atoms with Gasteiger partial charge in [-0.1, -0.05) is 50.9 Å². The highest BCUT2D eigenvalue weighted by atomic mass is 35.5. The maximum absolute atomic E-state index is 13.6. The van der Waals surface area contributed by atoms with Gasteiger partial charge in [-0.3, -0.25) is 14.9 Å². The minimum Gasteiger partial charge on any atom is -0.462 e. The first kappa shape index (κ1) is 64.4. The molecule has 0 amide bonds. The van der Waals surface area contributed by atoms with Crippen molar-refractivity contribution in [1.29, 1.82) is 5.26 Å². The summed E-state index contributed by atoms with van der Waals surface area (Å²) in [5, 5.41) is 20.7. The molecule has 13 nitrogen and oxygen atoms in total. The number of benzene rings is 3. The molecule has 3 aromatic carbocycles. The summed E-state index contributed by atoms with van der Waals surface area (Å²) in [4.78, 5) is 48.2. The van der Waals surface area contributed by atoms with Crippen LogP contribution in [0.2, 0.25) is 5.02 Å². The maximum atomic E-state index is 13.6. The fraction of sp³-hybridized carbons (Fsp3) is 0.242. The molecule has 6 heterocycles. The number of Topliss-reactive ketones (excluding diaryl/α,β-unsaturated/α-hetero) is 1. The molecular weight excluding hydrogens is 1130 g/mol. The number of ketones is 1. The van der Waals surface area contributed by atoms with Crippen LogP contribution in [0.15, 0.2) is 121 Å². The third-order valence-corrected chi connectivity index (χ3v) is 16.2. The highest BCUT2D eigenvalue weighted by Gasteiger charge is 2.29. The van der Waals surface area contributed by atoms with E-state index in [9.17, 15) is 33.3 Å². The molecule has 0 unspecified atom stereocenters. The first-order valence-electron chi connectivity index (χ1n) is 26.3. The number of nitro benzene ring substituents is 1. The Kier molecular flexibility index (Phi) is 21.1. The monoisotopic (exact) mass is 1190 g/mol. The van der Waals surface area contributed by atoms with Crippen molar-refractivity contribution in [2.24, 2.45) is 28.2 Å². The van der Waals surface area contributed by atoms with Crippen LogP contribution < -0.4 is 18.3 Å². The number of pyridine rings is 4. The number of nitriles is 1. The molecule has 0 aliphatic carbocycles. The second-order valence-corrected chi connectivity index (χ2v) is 24.0. The van der Waals surface area contributed by atoms with Crippen LogP contribution in [0.5, 0.6) is 0 Å². The Morgan fingerprint density at radius 1 is 0.845 bits per heavy atom. The molecule has 0 atom stereocenters. The van der Waals surface area contributed by atoms with Crippen molar-refractivity contribution >= 4 is 64.2 Å². The smallest absolute Gasteiger partial charge is 0.362 e. The molecule has 1 aliphatic heterocycles. The number of terminal acetylenes is 1. The lowest BCUT2D eigenvalue weighted by atomic mass is 9.97. The van der Waals surface area contributed by atoms with Gasteiger partial charge < -0.3 is 9.47 Å². The molecule has 9 rings (SSSR count). The van der Waals surface area contributed by atoms with Crippen molar-refractivity contribution in [3.8, 4) is 62.8 Å². The number of rotatable bonds is 10. The van der Waals surface area contributed by atoms with Gasteiger partial charge in [-0.05, 0) is 112 Å². The van der Waals surface area contributed by atoms with E-state index < -0.39 is 22.7 Å².